The van der Waals surface area contributed by atoms with E-state index in [1.807, 2.05) is 6.92 Å². The van der Waals surface area contributed by atoms with E-state index in [0.717, 1.165) is 0 Å². The Morgan fingerprint density at radius 3 is 2.42 bits per heavy atom. The Hall–Kier alpha value is -0.330. The molecule has 0 heterocycles. The molecule has 3 nitrogen and oxygen atoms in total. The third-order valence-corrected chi connectivity index (χ3v) is 1.31. The molecule has 1 unspecified atom stereocenters. The van der Waals surface area contributed by atoms with Gasteiger partial charge in [0, 0.05) is 6.04 Å². The van der Waals surface area contributed by atoms with Gasteiger partial charge in [-0.05, 0) is 6.42 Å². The van der Waals surface area contributed by atoms with Gasteiger partial charge in [0.25, 0.3) is 0 Å². The molecule has 0 aliphatic carbocycles. The molecule has 0 aliphatic heterocycles. The average molecular weight is 186 g/mol. The standard InChI is InChI=1S/C6H13F3N2O/c1-2-5(11-10)3-12-4-6(7,8)9/h5,11H,2-4,10H2,1H3. The fourth-order valence-corrected chi connectivity index (χ4v) is 0.601. The van der Waals surface area contributed by atoms with Crippen LogP contribution in [0.4, 0.5) is 13.2 Å². The number of halogens is 3. The van der Waals surface area contributed by atoms with E-state index < -0.39 is 12.8 Å². The Balaban J connectivity index is 3.41. The topological polar surface area (TPSA) is 47.3 Å². The van der Waals surface area contributed by atoms with Crippen LogP contribution in [-0.4, -0.2) is 25.4 Å². The van der Waals surface area contributed by atoms with Gasteiger partial charge in [-0.1, -0.05) is 6.92 Å². The second-order valence-corrected chi connectivity index (χ2v) is 2.40. The van der Waals surface area contributed by atoms with Gasteiger partial charge in [-0.25, -0.2) is 0 Å². The zero-order valence-electron chi connectivity index (χ0n) is 6.82. The smallest absolute Gasteiger partial charge is 0.370 e. The number of alkyl halides is 3. The van der Waals surface area contributed by atoms with E-state index in [2.05, 4.69) is 10.2 Å². The molecule has 0 aromatic rings. The molecule has 0 aliphatic rings. The lowest BCUT2D eigenvalue weighted by molar-refractivity contribution is -0.175. The van der Waals surface area contributed by atoms with Crippen LogP contribution in [-0.2, 0) is 4.74 Å². The van der Waals surface area contributed by atoms with Crippen molar-refractivity contribution >= 4 is 0 Å². The zero-order valence-corrected chi connectivity index (χ0v) is 6.82. The third-order valence-electron chi connectivity index (χ3n) is 1.31. The van der Waals surface area contributed by atoms with Crippen LogP contribution in [0.15, 0.2) is 0 Å². The fraction of sp³-hybridized carbons (Fsp3) is 1.00. The molecule has 0 aromatic carbocycles. The highest BCUT2D eigenvalue weighted by Crippen LogP contribution is 2.14. The maximum Gasteiger partial charge on any atom is 0.411 e. The van der Waals surface area contributed by atoms with Crippen molar-refractivity contribution in [2.75, 3.05) is 13.2 Å². The number of nitrogens with two attached hydrogens (primary N) is 1. The molecule has 0 bridgehead atoms. The van der Waals surface area contributed by atoms with Crippen LogP contribution in [0.5, 0.6) is 0 Å². The van der Waals surface area contributed by atoms with Crippen LogP contribution in [0.3, 0.4) is 0 Å². The van der Waals surface area contributed by atoms with E-state index in [1.165, 1.54) is 0 Å². The summed E-state index contributed by atoms with van der Waals surface area (Å²) in [7, 11) is 0. The number of hydrazine groups is 1. The largest absolute Gasteiger partial charge is 0.411 e. The molecule has 0 saturated carbocycles. The van der Waals surface area contributed by atoms with Gasteiger partial charge in [0.15, 0.2) is 0 Å². The minimum Gasteiger partial charge on any atom is -0.370 e. The van der Waals surface area contributed by atoms with Crippen molar-refractivity contribution < 1.29 is 17.9 Å². The van der Waals surface area contributed by atoms with Gasteiger partial charge in [0.05, 0.1) is 6.61 Å². The predicted octanol–water partition coefficient (Wildman–Crippen LogP) is 0.807. The average Bonchev–Trinajstić information content (AvgIpc) is 1.96. The Labute approximate surface area is 69.0 Å². The minimum atomic E-state index is -4.26. The molecule has 3 N–H and O–H groups in total. The molecule has 1 atom stereocenters. The highest BCUT2D eigenvalue weighted by atomic mass is 19.4. The Morgan fingerprint density at radius 2 is 2.08 bits per heavy atom. The number of rotatable bonds is 5. The van der Waals surface area contributed by atoms with Gasteiger partial charge in [-0.15, -0.1) is 0 Å². The molecule has 0 saturated heterocycles. The second kappa shape index (κ2) is 5.34. The molecule has 0 fully saturated rings. The molecular weight excluding hydrogens is 173 g/mol. The summed E-state index contributed by atoms with van der Waals surface area (Å²) >= 11 is 0. The van der Waals surface area contributed by atoms with Crippen molar-refractivity contribution in [3.8, 4) is 0 Å². The maximum absolute atomic E-state index is 11.5. The highest BCUT2D eigenvalue weighted by Gasteiger charge is 2.27. The Morgan fingerprint density at radius 1 is 1.50 bits per heavy atom. The summed E-state index contributed by atoms with van der Waals surface area (Å²) in [4.78, 5) is 0. The number of hydrogen-bond acceptors (Lipinski definition) is 3. The van der Waals surface area contributed by atoms with Crippen LogP contribution >= 0.6 is 0 Å². The summed E-state index contributed by atoms with van der Waals surface area (Å²) in [5, 5.41) is 0. The van der Waals surface area contributed by atoms with Crippen LogP contribution in [0.1, 0.15) is 13.3 Å². The van der Waals surface area contributed by atoms with Crippen LogP contribution in [0.25, 0.3) is 0 Å². The lowest BCUT2D eigenvalue weighted by atomic mass is 10.2. The van der Waals surface area contributed by atoms with Crippen LogP contribution in [0, 0.1) is 0 Å². The minimum absolute atomic E-state index is 0.0213. The molecular formula is C6H13F3N2O. The lowest BCUT2D eigenvalue weighted by Gasteiger charge is -2.14. The fourth-order valence-electron chi connectivity index (χ4n) is 0.601. The van der Waals surface area contributed by atoms with E-state index in [4.69, 9.17) is 5.84 Å². The van der Waals surface area contributed by atoms with Crippen molar-refractivity contribution in [2.24, 2.45) is 5.84 Å². The van der Waals surface area contributed by atoms with Crippen molar-refractivity contribution in [3.05, 3.63) is 0 Å². The first-order chi connectivity index (χ1) is 5.49. The van der Waals surface area contributed by atoms with Crippen LogP contribution < -0.4 is 11.3 Å². The van der Waals surface area contributed by atoms with Crippen molar-refractivity contribution in [2.45, 2.75) is 25.6 Å². The summed E-state index contributed by atoms with van der Waals surface area (Å²) in [5.74, 6) is 5.02. The normalized spacial score (nSPS) is 14.8. The first-order valence-corrected chi connectivity index (χ1v) is 3.60. The monoisotopic (exact) mass is 186 g/mol. The Kier molecular flexibility index (Phi) is 5.19. The molecule has 0 rings (SSSR count). The predicted molar refractivity (Wildman–Crippen MR) is 38.3 cm³/mol. The van der Waals surface area contributed by atoms with Gasteiger partial charge in [-0.2, -0.15) is 13.2 Å². The molecule has 0 aromatic heterocycles. The van der Waals surface area contributed by atoms with E-state index in [0.29, 0.717) is 6.42 Å². The molecule has 74 valence electrons. The summed E-state index contributed by atoms with van der Waals surface area (Å²) in [5.41, 5.74) is 2.35. The van der Waals surface area contributed by atoms with Gasteiger partial charge in [0.1, 0.15) is 6.61 Å². The zero-order chi connectivity index (χ0) is 9.61. The van der Waals surface area contributed by atoms with E-state index in [-0.39, 0.29) is 12.6 Å². The summed E-state index contributed by atoms with van der Waals surface area (Å²) in [6.45, 7) is 0.569. The van der Waals surface area contributed by atoms with Crippen molar-refractivity contribution in [3.63, 3.8) is 0 Å². The first kappa shape index (κ1) is 11.7. The molecule has 0 amide bonds. The van der Waals surface area contributed by atoms with Crippen molar-refractivity contribution in [1.82, 2.24) is 5.43 Å². The molecule has 0 radical (unpaired) electrons. The van der Waals surface area contributed by atoms with Gasteiger partial charge in [-0.3, -0.25) is 11.3 Å². The Bertz CT molecular complexity index is 114. The summed E-state index contributed by atoms with van der Waals surface area (Å²) in [6, 6.07) is -0.215. The second-order valence-electron chi connectivity index (χ2n) is 2.40. The highest BCUT2D eigenvalue weighted by molar-refractivity contribution is 4.59. The first-order valence-electron chi connectivity index (χ1n) is 3.60. The van der Waals surface area contributed by atoms with E-state index in [1.54, 1.807) is 0 Å². The number of ether oxygens (including phenoxy) is 1. The number of hydrogen-bond donors (Lipinski definition) is 2. The number of nitrogens with one attached hydrogen (secondary N) is 1. The van der Waals surface area contributed by atoms with Crippen molar-refractivity contribution in [1.29, 1.82) is 0 Å². The lowest BCUT2D eigenvalue weighted by Crippen LogP contribution is -2.38. The van der Waals surface area contributed by atoms with Gasteiger partial charge in [0.2, 0.25) is 0 Å². The molecule has 0 spiro atoms. The third kappa shape index (κ3) is 6.38. The maximum atomic E-state index is 11.5. The SMILES string of the molecule is CCC(COCC(F)(F)F)NN. The van der Waals surface area contributed by atoms with Gasteiger partial charge >= 0.3 is 6.18 Å². The summed E-state index contributed by atoms with van der Waals surface area (Å²) in [6.07, 6.45) is -3.62. The van der Waals surface area contributed by atoms with Crippen LogP contribution in [0.2, 0.25) is 0 Å². The van der Waals surface area contributed by atoms with E-state index >= 15 is 0 Å². The molecule has 6 heteroatoms. The van der Waals surface area contributed by atoms with E-state index in [9.17, 15) is 13.2 Å². The molecule has 12 heavy (non-hydrogen) atoms. The quantitative estimate of drug-likeness (QED) is 0.493. The summed E-state index contributed by atoms with van der Waals surface area (Å²) < 4.78 is 39.0. The van der Waals surface area contributed by atoms with Gasteiger partial charge < -0.3 is 4.74 Å².